The Bertz CT molecular complexity index is 1390. The fourth-order valence-electron chi connectivity index (χ4n) is 3.88. The summed E-state index contributed by atoms with van der Waals surface area (Å²) in [7, 11) is 0. The van der Waals surface area contributed by atoms with E-state index in [1.165, 1.54) is 0 Å². The van der Waals surface area contributed by atoms with Gasteiger partial charge in [0.1, 0.15) is 30.1 Å². The molecule has 2 heterocycles. The molecule has 0 saturated carbocycles. The molecule has 12 heteroatoms. The van der Waals surface area contributed by atoms with E-state index in [1.807, 2.05) is 0 Å². The lowest BCUT2D eigenvalue weighted by Crippen LogP contribution is -2.48. The summed E-state index contributed by atoms with van der Waals surface area (Å²) in [6, 6.07) is 17.2. The number of hydrogen-bond acceptors (Lipinski definition) is 7. The van der Waals surface area contributed by atoms with Crippen molar-refractivity contribution in [1.82, 2.24) is 9.55 Å². The van der Waals surface area contributed by atoms with Crippen LogP contribution in [0, 0.1) is 0 Å². The average molecular weight is 537 g/mol. The molecule has 1 aliphatic rings. The van der Waals surface area contributed by atoms with Crippen LogP contribution in [0.25, 0.3) is 0 Å². The maximum atomic E-state index is 13.3. The highest BCUT2D eigenvalue weighted by Gasteiger charge is 2.52. The van der Waals surface area contributed by atoms with E-state index in [2.05, 4.69) is 0 Å². The molecule has 1 fully saturated rings. The van der Waals surface area contributed by atoms with Crippen LogP contribution in [0.4, 0.5) is 13.2 Å². The van der Waals surface area contributed by atoms with Gasteiger partial charge in [0.25, 0.3) is 5.56 Å². The van der Waals surface area contributed by atoms with Gasteiger partial charge in [-0.15, -0.1) is 0 Å². The molecular weight excluding hydrogens is 517 g/mol. The molecule has 36 heavy (non-hydrogen) atoms. The number of ether oxygens (including phenoxy) is 2. The highest BCUT2D eigenvalue weighted by Crippen LogP contribution is 2.40. The standard InChI is InChI=1S/C24H19F3N2O5S2/c25-24(26,27)16-12-29(22(31)28-20(16)30)18-11-23(32,19(35)14-7-3-1-4-8-14)17(34-18)13-33-21(36)15-9-5-2-6-10-15/h1-10,12,17-18,32H,11,13H2,(H,28,30,31)/t17-,18-,23+/m1/s1. The summed E-state index contributed by atoms with van der Waals surface area (Å²) in [6.07, 6.45) is -7.61. The van der Waals surface area contributed by atoms with Gasteiger partial charge < -0.3 is 14.6 Å². The number of nitrogens with zero attached hydrogens (tertiary/aromatic N) is 1. The highest BCUT2D eigenvalue weighted by molar-refractivity contribution is 7.81. The zero-order valence-electron chi connectivity index (χ0n) is 18.4. The molecular formula is C24H19F3N2O5S2. The van der Waals surface area contributed by atoms with Crippen LogP contribution in [0.1, 0.15) is 29.3 Å². The van der Waals surface area contributed by atoms with Crippen molar-refractivity contribution >= 4 is 34.4 Å². The maximum Gasteiger partial charge on any atom is 0.423 e. The molecule has 4 rings (SSSR count). The summed E-state index contributed by atoms with van der Waals surface area (Å²) < 4.78 is 52.0. The number of nitrogens with one attached hydrogen (secondary N) is 1. The Kier molecular flexibility index (Phi) is 7.23. The number of halogens is 3. The smallest absolute Gasteiger partial charge is 0.423 e. The lowest BCUT2D eigenvalue weighted by atomic mass is 9.87. The Hall–Kier alpha value is -3.19. The number of H-pyrrole nitrogens is 1. The van der Waals surface area contributed by atoms with Crippen molar-refractivity contribution in [3.63, 3.8) is 0 Å². The van der Waals surface area contributed by atoms with Crippen molar-refractivity contribution in [2.24, 2.45) is 0 Å². The van der Waals surface area contributed by atoms with E-state index in [1.54, 1.807) is 65.6 Å². The van der Waals surface area contributed by atoms with Crippen molar-refractivity contribution in [2.45, 2.75) is 30.5 Å². The van der Waals surface area contributed by atoms with Gasteiger partial charge in [0.05, 0.1) is 4.86 Å². The fraction of sp³-hybridized carbons (Fsp3) is 0.250. The van der Waals surface area contributed by atoms with Crippen LogP contribution in [-0.4, -0.2) is 42.9 Å². The quantitative estimate of drug-likeness (QED) is 0.369. The second-order valence-corrected chi connectivity index (χ2v) is 8.85. The SMILES string of the molecule is O=c1[nH]c(=O)n([C@H]2C[C@@](O)(C(=S)c3ccccc3)[C@@H](COC(=S)c3ccccc3)O2)cc1C(F)(F)F. The first kappa shape index (κ1) is 25.9. The van der Waals surface area contributed by atoms with Gasteiger partial charge in [-0.1, -0.05) is 72.9 Å². The summed E-state index contributed by atoms with van der Waals surface area (Å²) in [4.78, 5) is 25.8. The molecule has 0 aliphatic carbocycles. The number of alkyl halides is 3. The molecule has 0 amide bonds. The molecule has 2 N–H and O–H groups in total. The first-order valence-electron chi connectivity index (χ1n) is 10.6. The van der Waals surface area contributed by atoms with E-state index in [0.717, 1.165) is 0 Å². The van der Waals surface area contributed by atoms with Crippen molar-refractivity contribution < 1.29 is 27.8 Å². The number of benzene rings is 2. The van der Waals surface area contributed by atoms with Crippen LogP contribution in [0.3, 0.4) is 0 Å². The van der Waals surface area contributed by atoms with Crippen LogP contribution >= 0.6 is 24.4 Å². The Morgan fingerprint density at radius 1 is 1.08 bits per heavy atom. The minimum Gasteiger partial charge on any atom is -0.480 e. The molecule has 1 aromatic heterocycles. The molecule has 1 saturated heterocycles. The van der Waals surface area contributed by atoms with E-state index < -0.39 is 40.9 Å². The number of hydrogen-bond donors (Lipinski definition) is 2. The predicted octanol–water partition coefficient (Wildman–Crippen LogP) is 3.38. The molecule has 7 nitrogen and oxygen atoms in total. The molecule has 2 aromatic carbocycles. The van der Waals surface area contributed by atoms with Gasteiger partial charge in [-0.25, -0.2) is 4.79 Å². The van der Waals surface area contributed by atoms with E-state index in [0.29, 0.717) is 21.9 Å². The predicted molar refractivity (Wildman–Crippen MR) is 132 cm³/mol. The number of aliphatic hydroxyl groups is 1. The normalized spacial score (nSPS) is 21.8. The number of thiocarbonyl (C=S) groups is 2. The lowest BCUT2D eigenvalue weighted by Gasteiger charge is -2.29. The van der Waals surface area contributed by atoms with E-state index >= 15 is 0 Å². The molecule has 3 aromatic rings. The second-order valence-electron chi connectivity index (χ2n) is 8.07. The third kappa shape index (κ3) is 5.16. The van der Waals surface area contributed by atoms with Gasteiger partial charge in [-0.3, -0.25) is 14.3 Å². The van der Waals surface area contributed by atoms with Gasteiger partial charge in [0, 0.05) is 18.2 Å². The van der Waals surface area contributed by atoms with E-state index in [4.69, 9.17) is 33.9 Å². The summed E-state index contributed by atoms with van der Waals surface area (Å²) in [5.41, 5.74) is -5.12. The van der Waals surface area contributed by atoms with E-state index in [9.17, 15) is 27.9 Å². The molecule has 0 unspecified atom stereocenters. The number of aromatic nitrogens is 2. The topological polar surface area (TPSA) is 93.6 Å². The second kappa shape index (κ2) is 10.1. The van der Waals surface area contributed by atoms with E-state index in [-0.39, 0.29) is 22.9 Å². The minimum atomic E-state index is -5.01. The van der Waals surface area contributed by atoms with Crippen molar-refractivity contribution in [1.29, 1.82) is 0 Å². The fourth-order valence-corrected chi connectivity index (χ4v) is 4.43. The molecule has 0 radical (unpaired) electrons. The van der Waals surface area contributed by atoms with Gasteiger partial charge in [0.2, 0.25) is 0 Å². The number of aromatic amines is 1. The van der Waals surface area contributed by atoms with Gasteiger partial charge in [-0.2, -0.15) is 13.2 Å². The molecule has 3 atom stereocenters. The minimum absolute atomic E-state index is 0.0540. The monoisotopic (exact) mass is 536 g/mol. The van der Waals surface area contributed by atoms with Crippen LogP contribution < -0.4 is 11.2 Å². The van der Waals surface area contributed by atoms with Crippen LogP contribution in [-0.2, 0) is 15.7 Å². The molecule has 0 spiro atoms. The maximum absolute atomic E-state index is 13.3. The van der Waals surface area contributed by atoms with Crippen LogP contribution in [0.5, 0.6) is 0 Å². The zero-order chi connectivity index (χ0) is 26.1. The highest BCUT2D eigenvalue weighted by atomic mass is 32.1. The third-order valence-corrected chi connectivity index (χ3v) is 6.67. The summed E-state index contributed by atoms with van der Waals surface area (Å²) >= 11 is 10.8. The Labute approximate surface area is 213 Å². The summed E-state index contributed by atoms with van der Waals surface area (Å²) in [5, 5.41) is 11.8. The Balaban J connectivity index is 1.68. The summed E-state index contributed by atoms with van der Waals surface area (Å²) in [6.45, 7) is -0.308. The van der Waals surface area contributed by atoms with Crippen LogP contribution in [0.2, 0.25) is 0 Å². The Morgan fingerprint density at radius 2 is 1.67 bits per heavy atom. The van der Waals surface area contributed by atoms with Gasteiger partial charge in [0.15, 0.2) is 5.05 Å². The average Bonchev–Trinajstić information content (AvgIpc) is 3.19. The molecule has 1 aliphatic heterocycles. The van der Waals surface area contributed by atoms with Gasteiger partial charge in [-0.05, 0) is 17.8 Å². The summed E-state index contributed by atoms with van der Waals surface area (Å²) in [5.74, 6) is 0. The first-order chi connectivity index (χ1) is 17.0. The molecule has 188 valence electrons. The first-order valence-corrected chi connectivity index (χ1v) is 11.4. The van der Waals surface area contributed by atoms with Crippen molar-refractivity contribution in [2.75, 3.05) is 6.61 Å². The van der Waals surface area contributed by atoms with Crippen LogP contribution in [0.15, 0.2) is 76.4 Å². The Morgan fingerprint density at radius 3 is 2.25 bits per heavy atom. The number of rotatable bonds is 6. The lowest BCUT2D eigenvalue weighted by molar-refractivity contribution is -0.139. The largest absolute Gasteiger partial charge is 0.480 e. The van der Waals surface area contributed by atoms with Gasteiger partial charge >= 0.3 is 11.9 Å². The van der Waals surface area contributed by atoms with Crippen molar-refractivity contribution in [3.8, 4) is 0 Å². The van der Waals surface area contributed by atoms with Crippen molar-refractivity contribution in [3.05, 3.63) is 104 Å². The third-order valence-electron chi connectivity index (χ3n) is 5.73. The molecule has 0 bridgehead atoms. The zero-order valence-corrected chi connectivity index (χ0v) is 20.0.